The number of anilines is 1. The lowest BCUT2D eigenvalue weighted by atomic mass is 10.0. The highest BCUT2D eigenvalue weighted by Crippen LogP contribution is 2.35. The first-order valence-electron chi connectivity index (χ1n) is 8.86. The smallest absolute Gasteiger partial charge is 0.138 e. The van der Waals surface area contributed by atoms with Crippen LogP contribution in [0.15, 0.2) is 54.6 Å². The standard InChI is InChI=1S/C20H19N5S/c1-13(24-19-17-8-9-26-20(17)22-11-21-19)14-2-4-15(5-3-14)18-10-25(12-23-18)16-6-7-16/h2-5,8-13,16H,6-7H2,1H3,(H,21,22,24). The SMILES string of the molecule is CC(Nc1ncnc2sccc12)c1ccc(-c2cn(C3CC3)cn2)cc1. The van der Waals surface area contributed by atoms with Crippen molar-refractivity contribution >= 4 is 27.4 Å². The summed E-state index contributed by atoms with van der Waals surface area (Å²) >= 11 is 1.63. The molecule has 1 aliphatic rings. The van der Waals surface area contributed by atoms with E-state index < -0.39 is 0 Å². The maximum atomic E-state index is 4.55. The van der Waals surface area contributed by atoms with Gasteiger partial charge in [0.1, 0.15) is 17.0 Å². The molecule has 0 aliphatic heterocycles. The summed E-state index contributed by atoms with van der Waals surface area (Å²) in [6, 6.07) is 11.5. The van der Waals surface area contributed by atoms with E-state index in [-0.39, 0.29) is 6.04 Å². The molecular weight excluding hydrogens is 342 g/mol. The Kier molecular flexibility index (Phi) is 3.71. The highest BCUT2D eigenvalue weighted by atomic mass is 32.1. The van der Waals surface area contributed by atoms with Gasteiger partial charge in [-0.05, 0) is 36.8 Å². The van der Waals surface area contributed by atoms with Crippen molar-refractivity contribution in [1.29, 1.82) is 0 Å². The van der Waals surface area contributed by atoms with Gasteiger partial charge in [0.25, 0.3) is 0 Å². The van der Waals surface area contributed by atoms with Crippen molar-refractivity contribution in [3.8, 4) is 11.3 Å². The molecule has 5 nitrogen and oxygen atoms in total. The Labute approximate surface area is 155 Å². The first-order chi connectivity index (χ1) is 12.8. The number of hydrogen-bond acceptors (Lipinski definition) is 5. The van der Waals surface area contributed by atoms with E-state index in [1.807, 2.05) is 11.7 Å². The summed E-state index contributed by atoms with van der Waals surface area (Å²) in [5, 5.41) is 6.63. The molecule has 1 saturated carbocycles. The minimum atomic E-state index is 0.158. The summed E-state index contributed by atoms with van der Waals surface area (Å²) in [4.78, 5) is 14.3. The third kappa shape index (κ3) is 2.86. The van der Waals surface area contributed by atoms with Crippen LogP contribution in [0, 0.1) is 0 Å². The van der Waals surface area contributed by atoms with Crippen molar-refractivity contribution < 1.29 is 0 Å². The largest absolute Gasteiger partial charge is 0.363 e. The maximum absolute atomic E-state index is 4.55. The molecule has 0 spiro atoms. The molecule has 0 saturated heterocycles. The van der Waals surface area contributed by atoms with E-state index in [4.69, 9.17) is 0 Å². The number of thiophene rings is 1. The van der Waals surface area contributed by atoms with Crippen molar-refractivity contribution in [1.82, 2.24) is 19.5 Å². The summed E-state index contributed by atoms with van der Waals surface area (Å²) in [7, 11) is 0. The molecule has 5 rings (SSSR count). The lowest BCUT2D eigenvalue weighted by Crippen LogP contribution is -2.08. The van der Waals surface area contributed by atoms with Gasteiger partial charge in [-0.25, -0.2) is 15.0 Å². The van der Waals surface area contributed by atoms with Gasteiger partial charge < -0.3 is 9.88 Å². The molecule has 3 aromatic heterocycles. The van der Waals surface area contributed by atoms with Gasteiger partial charge in [0.2, 0.25) is 0 Å². The summed E-state index contributed by atoms with van der Waals surface area (Å²) in [6.45, 7) is 2.15. The van der Waals surface area contributed by atoms with Crippen LogP contribution in [0.4, 0.5) is 5.82 Å². The zero-order chi connectivity index (χ0) is 17.5. The molecule has 1 N–H and O–H groups in total. The Morgan fingerprint density at radius 3 is 2.77 bits per heavy atom. The van der Waals surface area contributed by atoms with Crippen LogP contribution in [0.25, 0.3) is 21.5 Å². The molecule has 1 unspecified atom stereocenters. The second-order valence-electron chi connectivity index (χ2n) is 6.79. The van der Waals surface area contributed by atoms with Gasteiger partial charge in [-0.1, -0.05) is 24.3 Å². The fourth-order valence-corrected chi connectivity index (χ4v) is 3.93. The second kappa shape index (κ2) is 6.21. The first-order valence-corrected chi connectivity index (χ1v) is 9.74. The predicted octanol–water partition coefficient (Wildman–Crippen LogP) is 5.06. The topological polar surface area (TPSA) is 55.6 Å². The minimum absolute atomic E-state index is 0.158. The number of aromatic nitrogens is 4. The number of fused-ring (bicyclic) bond motifs is 1. The molecule has 0 bridgehead atoms. The fraction of sp³-hybridized carbons (Fsp3) is 0.250. The number of nitrogens with zero attached hydrogens (tertiary/aromatic N) is 4. The molecular formula is C20H19N5S. The minimum Gasteiger partial charge on any atom is -0.363 e. The molecule has 4 aromatic rings. The molecule has 6 heteroatoms. The van der Waals surface area contributed by atoms with Crippen LogP contribution in [0.1, 0.15) is 37.4 Å². The van der Waals surface area contributed by atoms with Gasteiger partial charge in [0.05, 0.1) is 17.4 Å². The second-order valence-corrected chi connectivity index (χ2v) is 7.68. The van der Waals surface area contributed by atoms with E-state index >= 15 is 0 Å². The Hall–Kier alpha value is -2.73. The van der Waals surface area contributed by atoms with Crippen LogP contribution in [0.3, 0.4) is 0 Å². The van der Waals surface area contributed by atoms with E-state index in [0.29, 0.717) is 6.04 Å². The van der Waals surface area contributed by atoms with Crippen molar-refractivity contribution in [2.45, 2.75) is 31.8 Å². The van der Waals surface area contributed by atoms with Gasteiger partial charge in [0, 0.05) is 23.8 Å². The monoisotopic (exact) mass is 361 g/mol. The van der Waals surface area contributed by atoms with E-state index in [1.165, 1.54) is 18.4 Å². The Morgan fingerprint density at radius 1 is 1.12 bits per heavy atom. The van der Waals surface area contributed by atoms with Crippen LogP contribution < -0.4 is 5.32 Å². The van der Waals surface area contributed by atoms with Crippen LogP contribution in [-0.2, 0) is 0 Å². The molecule has 130 valence electrons. The summed E-state index contributed by atoms with van der Waals surface area (Å²) in [6.07, 6.45) is 8.28. The number of imidazole rings is 1. The number of benzene rings is 1. The van der Waals surface area contributed by atoms with Crippen molar-refractivity contribution in [3.05, 3.63) is 60.1 Å². The van der Waals surface area contributed by atoms with E-state index in [2.05, 4.69) is 68.3 Å². The fourth-order valence-electron chi connectivity index (χ4n) is 3.19. The summed E-state index contributed by atoms with van der Waals surface area (Å²) in [5.74, 6) is 0.885. The van der Waals surface area contributed by atoms with Crippen molar-refractivity contribution in [3.63, 3.8) is 0 Å². The molecule has 1 atom stereocenters. The summed E-state index contributed by atoms with van der Waals surface area (Å²) < 4.78 is 2.23. The highest BCUT2D eigenvalue weighted by Gasteiger charge is 2.23. The quantitative estimate of drug-likeness (QED) is 0.540. The Balaban J connectivity index is 1.35. The van der Waals surface area contributed by atoms with E-state index in [9.17, 15) is 0 Å². The Bertz CT molecular complexity index is 1050. The van der Waals surface area contributed by atoms with Crippen LogP contribution in [0.2, 0.25) is 0 Å². The molecule has 0 amide bonds. The molecule has 26 heavy (non-hydrogen) atoms. The lowest BCUT2D eigenvalue weighted by molar-refractivity contribution is 0.741. The van der Waals surface area contributed by atoms with Gasteiger partial charge in [-0.3, -0.25) is 0 Å². The van der Waals surface area contributed by atoms with Gasteiger partial charge in [-0.2, -0.15) is 0 Å². The zero-order valence-corrected chi connectivity index (χ0v) is 15.3. The number of nitrogens with one attached hydrogen (secondary N) is 1. The highest BCUT2D eigenvalue weighted by molar-refractivity contribution is 7.16. The van der Waals surface area contributed by atoms with Crippen molar-refractivity contribution in [2.75, 3.05) is 5.32 Å². The molecule has 1 fully saturated rings. The molecule has 0 radical (unpaired) electrons. The third-order valence-corrected chi connectivity index (χ3v) is 5.71. The zero-order valence-electron chi connectivity index (χ0n) is 14.5. The van der Waals surface area contributed by atoms with Crippen molar-refractivity contribution in [2.24, 2.45) is 0 Å². The van der Waals surface area contributed by atoms with E-state index in [1.54, 1.807) is 17.7 Å². The molecule has 1 aromatic carbocycles. The normalized spacial score (nSPS) is 15.3. The number of hydrogen-bond donors (Lipinski definition) is 1. The summed E-state index contributed by atoms with van der Waals surface area (Å²) in [5.41, 5.74) is 3.42. The molecule has 1 aliphatic carbocycles. The van der Waals surface area contributed by atoms with Gasteiger partial charge in [0.15, 0.2) is 0 Å². The van der Waals surface area contributed by atoms with Crippen LogP contribution in [-0.4, -0.2) is 19.5 Å². The number of rotatable bonds is 5. The van der Waals surface area contributed by atoms with Crippen LogP contribution in [0.5, 0.6) is 0 Å². The van der Waals surface area contributed by atoms with Gasteiger partial charge in [-0.15, -0.1) is 11.3 Å². The van der Waals surface area contributed by atoms with Gasteiger partial charge >= 0.3 is 0 Å². The lowest BCUT2D eigenvalue weighted by Gasteiger charge is -2.15. The third-order valence-electron chi connectivity index (χ3n) is 4.89. The Morgan fingerprint density at radius 2 is 1.96 bits per heavy atom. The first kappa shape index (κ1) is 15.5. The molecule has 3 heterocycles. The van der Waals surface area contributed by atoms with Crippen LogP contribution >= 0.6 is 11.3 Å². The maximum Gasteiger partial charge on any atom is 0.138 e. The predicted molar refractivity (Wildman–Crippen MR) is 105 cm³/mol. The average molecular weight is 361 g/mol. The average Bonchev–Trinajstić information content (AvgIpc) is 3.20. The van der Waals surface area contributed by atoms with E-state index in [0.717, 1.165) is 27.3 Å².